The van der Waals surface area contributed by atoms with Crippen LogP contribution >= 0.6 is 0 Å². The van der Waals surface area contributed by atoms with Crippen molar-refractivity contribution in [2.24, 2.45) is 5.73 Å². The Morgan fingerprint density at radius 1 is 1.24 bits per heavy atom. The van der Waals surface area contributed by atoms with Crippen LogP contribution in [0.4, 0.5) is 0 Å². The Morgan fingerprint density at radius 3 is 2.18 bits per heavy atom. The number of likely N-dealkylation sites (N-methyl/N-ethyl adjacent to an activating group) is 1. The number of carbonyl (C=O) groups is 2. The van der Waals surface area contributed by atoms with Crippen LogP contribution in [0.5, 0.6) is 0 Å². The van der Waals surface area contributed by atoms with E-state index in [2.05, 4.69) is 5.32 Å². The van der Waals surface area contributed by atoms with Crippen LogP contribution < -0.4 is 11.1 Å². The fraction of sp³-hybridized carbons (Fsp3) is 0.833. The molecule has 0 aromatic carbocycles. The van der Waals surface area contributed by atoms with Crippen LogP contribution in [0.1, 0.15) is 40.5 Å². The third-order valence-electron chi connectivity index (χ3n) is 2.80. The molecule has 0 aliphatic heterocycles. The molecule has 3 N–H and O–H groups in total. The summed E-state index contributed by atoms with van der Waals surface area (Å²) in [6, 6.07) is 0. The highest BCUT2D eigenvalue weighted by Gasteiger charge is 2.27. The molecular formula is C12H25N3O2. The summed E-state index contributed by atoms with van der Waals surface area (Å²) >= 11 is 0. The van der Waals surface area contributed by atoms with Crippen LogP contribution in [0.25, 0.3) is 0 Å². The quantitative estimate of drug-likeness (QED) is 0.683. The largest absolute Gasteiger partial charge is 0.345 e. The van der Waals surface area contributed by atoms with Crippen LogP contribution in [-0.4, -0.2) is 41.9 Å². The van der Waals surface area contributed by atoms with Crippen molar-refractivity contribution in [3.8, 4) is 0 Å². The minimum absolute atomic E-state index is 0.0248. The van der Waals surface area contributed by atoms with Gasteiger partial charge in [0.15, 0.2) is 0 Å². The van der Waals surface area contributed by atoms with Crippen LogP contribution in [0.3, 0.4) is 0 Å². The lowest BCUT2D eigenvalue weighted by Crippen LogP contribution is -2.53. The number of nitrogens with zero attached hydrogens (tertiary/aromatic N) is 1. The van der Waals surface area contributed by atoms with Gasteiger partial charge < -0.3 is 16.0 Å². The predicted octanol–water partition coefficient (Wildman–Crippen LogP) is 0.489. The molecule has 1 unspecified atom stereocenters. The molecule has 0 bridgehead atoms. The maximum Gasteiger partial charge on any atom is 0.241 e. The van der Waals surface area contributed by atoms with Gasteiger partial charge in [0.05, 0.1) is 12.1 Å². The van der Waals surface area contributed by atoms with E-state index in [1.165, 1.54) is 0 Å². The van der Waals surface area contributed by atoms with Crippen molar-refractivity contribution in [1.29, 1.82) is 0 Å². The molecule has 5 heteroatoms. The first-order valence-electron chi connectivity index (χ1n) is 6.23. The van der Waals surface area contributed by atoms with E-state index in [0.29, 0.717) is 19.5 Å². The molecule has 100 valence electrons. The van der Waals surface area contributed by atoms with Gasteiger partial charge in [-0.3, -0.25) is 9.59 Å². The summed E-state index contributed by atoms with van der Waals surface area (Å²) in [6.07, 6.45) is 1.45. The molecule has 0 aliphatic carbocycles. The van der Waals surface area contributed by atoms with E-state index in [0.717, 1.165) is 6.42 Å². The summed E-state index contributed by atoms with van der Waals surface area (Å²) in [5, 5.41) is 2.60. The molecular weight excluding hydrogens is 218 g/mol. The Kier molecular flexibility index (Phi) is 6.80. The second-order valence-electron chi connectivity index (χ2n) is 4.42. The minimum atomic E-state index is -0.891. The normalized spacial score (nSPS) is 13.9. The molecule has 0 fully saturated rings. The zero-order valence-corrected chi connectivity index (χ0v) is 11.4. The molecule has 2 amide bonds. The first kappa shape index (κ1) is 15.9. The third-order valence-corrected chi connectivity index (χ3v) is 2.80. The summed E-state index contributed by atoms with van der Waals surface area (Å²) < 4.78 is 0. The smallest absolute Gasteiger partial charge is 0.241 e. The molecule has 0 radical (unpaired) electrons. The van der Waals surface area contributed by atoms with Crippen molar-refractivity contribution in [3.05, 3.63) is 0 Å². The van der Waals surface area contributed by atoms with Crippen molar-refractivity contribution in [3.63, 3.8) is 0 Å². The number of amides is 2. The van der Waals surface area contributed by atoms with Gasteiger partial charge in [-0.05, 0) is 27.2 Å². The Hall–Kier alpha value is -1.10. The number of nitrogens with two attached hydrogens (primary N) is 1. The van der Waals surface area contributed by atoms with Crippen LogP contribution in [0, 0.1) is 0 Å². The predicted molar refractivity (Wildman–Crippen MR) is 68.4 cm³/mol. The standard InChI is InChI=1S/C12H25N3O2/c1-5-8-12(4,13)11(17)14-9-10(16)15(6-2)7-3/h5-9,13H2,1-4H3,(H,14,17). The summed E-state index contributed by atoms with van der Waals surface area (Å²) in [7, 11) is 0. The van der Waals surface area contributed by atoms with Gasteiger partial charge in [-0.1, -0.05) is 13.3 Å². The van der Waals surface area contributed by atoms with Crippen LogP contribution in [-0.2, 0) is 9.59 Å². The van der Waals surface area contributed by atoms with Gasteiger partial charge in [-0.25, -0.2) is 0 Å². The van der Waals surface area contributed by atoms with E-state index >= 15 is 0 Å². The second kappa shape index (κ2) is 7.27. The molecule has 0 rings (SSSR count). The van der Waals surface area contributed by atoms with Gasteiger partial charge in [0, 0.05) is 13.1 Å². The molecule has 0 spiro atoms. The lowest BCUT2D eigenvalue weighted by Gasteiger charge is -2.24. The Balaban J connectivity index is 4.20. The van der Waals surface area contributed by atoms with E-state index in [9.17, 15) is 9.59 Å². The first-order valence-corrected chi connectivity index (χ1v) is 6.23. The maximum absolute atomic E-state index is 11.8. The summed E-state index contributed by atoms with van der Waals surface area (Å²) in [5.41, 5.74) is 4.97. The number of carbonyl (C=O) groups excluding carboxylic acids is 2. The lowest BCUT2D eigenvalue weighted by atomic mass is 9.96. The van der Waals surface area contributed by atoms with Crippen molar-refractivity contribution < 1.29 is 9.59 Å². The molecule has 0 aliphatic rings. The molecule has 17 heavy (non-hydrogen) atoms. The zero-order chi connectivity index (χ0) is 13.5. The molecule has 0 aromatic heterocycles. The number of nitrogens with one attached hydrogen (secondary N) is 1. The maximum atomic E-state index is 11.8. The zero-order valence-electron chi connectivity index (χ0n) is 11.4. The molecule has 5 nitrogen and oxygen atoms in total. The second-order valence-corrected chi connectivity index (χ2v) is 4.42. The minimum Gasteiger partial charge on any atom is -0.345 e. The van der Waals surface area contributed by atoms with E-state index in [1.54, 1.807) is 11.8 Å². The average molecular weight is 243 g/mol. The third kappa shape index (κ3) is 5.17. The monoisotopic (exact) mass is 243 g/mol. The first-order chi connectivity index (χ1) is 7.88. The van der Waals surface area contributed by atoms with E-state index in [4.69, 9.17) is 5.73 Å². The topological polar surface area (TPSA) is 75.4 Å². The fourth-order valence-corrected chi connectivity index (χ4v) is 1.68. The van der Waals surface area contributed by atoms with E-state index < -0.39 is 5.54 Å². The number of rotatable bonds is 7. The van der Waals surface area contributed by atoms with Gasteiger partial charge in [0.2, 0.25) is 11.8 Å². The summed E-state index contributed by atoms with van der Waals surface area (Å²) in [5.74, 6) is -0.337. The molecule has 1 atom stereocenters. The van der Waals surface area contributed by atoms with Crippen molar-refractivity contribution in [1.82, 2.24) is 10.2 Å². The van der Waals surface area contributed by atoms with Crippen LogP contribution in [0.2, 0.25) is 0 Å². The lowest BCUT2D eigenvalue weighted by molar-refractivity contribution is -0.134. The average Bonchev–Trinajstić information content (AvgIpc) is 2.27. The van der Waals surface area contributed by atoms with Crippen molar-refractivity contribution in [2.75, 3.05) is 19.6 Å². The Bertz CT molecular complexity index is 260. The van der Waals surface area contributed by atoms with Gasteiger partial charge in [-0.15, -0.1) is 0 Å². The summed E-state index contributed by atoms with van der Waals surface area (Å²) in [6.45, 7) is 8.81. The van der Waals surface area contributed by atoms with Gasteiger partial charge in [0.25, 0.3) is 0 Å². The Labute approximate surface area is 104 Å². The van der Waals surface area contributed by atoms with E-state index in [1.807, 2.05) is 20.8 Å². The van der Waals surface area contributed by atoms with Crippen LogP contribution in [0.15, 0.2) is 0 Å². The molecule has 0 aromatic rings. The highest BCUT2D eigenvalue weighted by molar-refractivity contribution is 5.89. The highest BCUT2D eigenvalue weighted by atomic mass is 16.2. The highest BCUT2D eigenvalue weighted by Crippen LogP contribution is 2.08. The molecule has 0 heterocycles. The van der Waals surface area contributed by atoms with Gasteiger partial charge in [0.1, 0.15) is 0 Å². The van der Waals surface area contributed by atoms with Gasteiger partial charge >= 0.3 is 0 Å². The number of hydrogen-bond donors (Lipinski definition) is 2. The summed E-state index contributed by atoms with van der Waals surface area (Å²) in [4.78, 5) is 25.1. The van der Waals surface area contributed by atoms with Gasteiger partial charge in [-0.2, -0.15) is 0 Å². The van der Waals surface area contributed by atoms with Crippen molar-refractivity contribution >= 4 is 11.8 Å². The van der Waals surface area contributed by atoms with Crippen molar-refractivity contribution in [2.45, 2.75) is 46.1 Å². The molecule has 0 saturated carbocycles. The molecule has 0 saturated heterocycles. The number of hydrogen-bond acceptors (Lipinski definition) is 3. The van der Waals surface area contributed by atoms with E-state index in [-0.39, 0.29) is 18.4 Å². The Morgan fingerprint density at radius 2 is 1.76 bits per heavy atom. The SMILES string of the molecule is CCCC(C)(N)C(=O)NCC(=O)N(CC)CC. The fourth-order valence-electron chi connectivity index (χ4n) is 1.68.